The monoisotopic (exact) mass is 453 g/mol. The number of ether oxygens (including phenoxy) is 1. The lowest BCUT2D eigenvalue weighted by Crippen LogP contribution is -2.44. The lowest BCUT2D eigenvalue weighted by Gasteiger charge is -2.32. The molecule has 0 spiro atoms. The fourth-order valence-corrected chi connectivity index (χ4v) is 4.52. The molecule has 0 bridgehead atoms. The van der Waals surface area contributed by atoms with E-state index in [0.717, 1.165) is 31.6 Å². The van der Waals surface area contributed by atoms with Crippen molar-refractivity contribution >= 4 is 22.8 Å². The van der Waals surface area contributed by atoms with Crippen molar-refractivity contribution in [3.05, 3.63) is 34.2 Å². The highest BCUT2D eigenvalue weighted by molar-refractivity contribution is 6.00. The zero-order valence-electron chi connectivity index (χ0n) is 19.5. The summed E-state index contributed by atoms with van der Waals surface area (Å²) in [7, 11) is 5.82. The van der Waals surface area contributed by atoms with Gasteiger partial charge in [0.25, 0.3) is 0 Å². The standard InChI is InChI=1S/C24H31N5O4/c1-26(2)13-11-18-16-28(14-15-33-18)12-5-7-17-6-4-8-19-22(17)27(3)24(32)29(19)20-9-10-21(30)25-23(20)31/h4,6,8,18,20H,9-16H2,1-3H3,(H,25,30,31)/t18-,20?/m1/s1. The first-order valence-electron chi connectivity index (χ1n) is 11.4. The summed E-state index contributed by atoms with van der Waals surface area (Å²) in [5, 5.41) is 2.34. The molecule has 3 heterocycles. The Bertz CT molecular complexity index is 1170. The van der Waals surface area contributed by atoms with Crippen LogP contribution in [-0.2, 0) is 21.4 Å². The summed E-state index contributed by atoms with van der Waals surface area (Å²) in [6, 6.07) is 4.86. The van der Waals surface area contributed by atoms with E-state index < -0.39 is 11.9 Å². The van der Waals surface area contributed by atoms with Crippen molar-refractivity contribution in [1.29, 1.82) is 0 Å². The smallest absolute Gasteiger partial charge is 0.329 e. The number of aryl methyl sites for hydroxylation is 1. The molecule has 2 amide bonds. The van der Waals surface area contributed by atoms with Gasteiger partial charge in [-0.15, -0.1) is 0 Å². The molecular formula is C24H31N5O4. The van der Waals surface area contributed by atoms with Crippen LogP contribution in [-0.4, -0.2) is 83.7 Å². The fraction of sp³-hybridized carbons (Fsp3) is 0.542. The number of rotatable bonds is 5. The second-order valence-corrected chi connectivity index (χ2v) is 8.97. The van der Waals surface area contributed by atoms with E-state index in [1.165, 1.54) is 9.13 Å². The van der Waals surface area contributed by atoms with Crippen molar-refractivity contribution in [3.63, 3.8) is 0 Å². The maximum absolute atomic E-state index is 13.0. The number of imidazole rings is 1. The van der Waals surface area contributed by atoms with Crippen LogP contribution in [0.1, 0.15) is 30.9 Å². The maximum Gasteiger partial charge on any atom is 0.329 e. The number of benzene rings is 1. The number of morpholine rings is 1. The van der Waals surface area contributed by atoms with E-state index in [0.29, 0.717) is 30.6 Å². The van der Waals surface area contributed by atoms with E-state index in [-0.39, 0.29) is 24.1 Å². The summed E-state index contributed by atoms with van der Waals surface area (Å²) in [5.41, 5.74) is 1.81. The molecule has 2 atom stereocenters. The van der Waals surface area contributed by atoms with E-state index in [9.17, 15) is 14.4 Å². The van der Waals surface area contributed by atoms with Gasteiger partial charge in [-0.3, -0.25) is 28.9 Å². The number of nitrogens with one attached hydrogen (secondary N) is 1. The minimum Gasteiger partial charge on any atom is -0.376 e. The van der Waals surface area contributed by atoms with E-state index in [4.69, 9.17) is 4.74 Å². The molecule has 2 fully saturated rings. The Morgan fingerprint density at radius 3 is 2.82 bits per heavy atom. The van der Waals surface area contributed by atoms with Gasteiger partial charge in [-0.25, -0.2) is 4.79 Å². The highest BCUT2D eigenvalue weighted by Gasteiger charge is 2.31. The maximum atomic E-state index is 13.0. The first-order valence-corrected chi connectivity index (χ1v) is 11.4. The molecule has 9 heteroatoms. The van der Waals surface area contributed by atoms with Gasteiger partial charge in [0.1, 0.15) is 6.04 Å². The van der Waals surface area contributed by atoms with Crippen LogP contribution >= 0.6 is 0 Å². The average Bonchev–Trinajstić information content (AvgIpc) is 3.04. The van der Waals surface area contributed by atoms with Gasteiger partial charge in [0.2, 0.25) is 11.8 Å². The minimum absolute atomic E-state index is 0.216. The number of amides is 2. The van der Waals surface area contributed by atoms with Crippen LogP contribution in [0.15, 0.2) is 23.0 Å². The quantitative estimate of drug-likeness (QED) is 0.518. The van der Waals surface area contributed by atoms with Crippen LogP contribution < -0.4 is 11.0 Å². The van der Waals surface area contributed by atoms with Gasteiger partial charge < -0.3 is 9.64 Å². The molecule has 1 aromatic carbocycles. The number of para-hydroxylation sites is 1. The predicted molar refractivity (Wildman–Crippen MR) is 125 cm³/mol. The molecule has 1 N–H and O–H groups in total. The van der Waals surface area contributed by atoms with E-state index in [1.807, 2.05) is 18.2 Å². The molecule has 2 aromatic rings. The second kappa shape index (κ2) is 9.91. The third-order valence-electron chi connectivity index (χ3n) is 6.27. The Kier molecular flexibility index (Phi) is 6.98. The van der Waals surface area contributed by atoms with Crippen molar-refractivity contribution in [2.75, 3.05) is 46.9 Å². The topological polar surface area (TPSA) is 88.8 Å². The van der Waals surface area contributed by atoms with E-state index in [2.05, 4.69) is 41.1 Å². The summed E-state index contributed by atoms with van der Waals surface area (Å²) < 4.78 is 8.90. The number of imide groups is 1. The molecule has 1 aromatic heterocycles. The van der Waals surface area contributed by atoms with Crippen molar-refractivity contribution in [2.45, 2.75) is 31.4 Å². The lowest BCUT2D eigenvalue weighted by molar-refractivity contribution is -0.135. The second-order valence-electron chi connectivity index (χ2n) is 8.97. The van der Waals surface area contributed by atoms with Crippen LogP contribution in [0.5, 0.6) is 0 Å². The average molecular weight is 454 g/mol. The van der Waals surface area contributed by atoms with E-state index in [1.54, 1.807) is 7.05 Å². The minimum atomic E-state index is -0.699. The van der Waals surface area contributed by atoms with Crippen LogP contribution in [0.25, 0.3) is 11.0 Å². The molecule has 33 heavy (non-hydrogen) atoms. The molecule has 0 radical (unpaired) electrons. The summed E-state index contributed by atoms with van der Waals surface area (Å²) in [6.07, 6.45) is 1.74. The third-order valence-corrected chi connectivity index (χ3v) is 6.27. The number of fused-ring (bicyclic) bond motifs is 1. The number of aromatic nitrogens is 2. The first kappa shape index (κ1) is 23.2. The highest BCUT2D eigenvalue weighted by Crippen LogP contribution is 2.24. The zero-order chi connectivity index (χ0) is 23.5. The molecule has 2 aliphatic heterocycles. The molecule has 1 unspecified atom stereocenters. The van der Waals surface area contributed by atoms with Gasteiger partial charge >= 0.3 is 5.69 Å². The number of hydrogen-bond donors (Lipinski definition) is 1. The summed E-state index contributed by atoms with van der Waals surface area (Å²) >= 11 is 0. The number of hydrogen-bond acceptors (Lipinski definition) is 6. The molecule has 176 valence electrons. The van der Waals surface area contributed by atoms with Crippen LogP contribution in [0, 0.1) is 11.8 Å². The van der Waals surface area contributed by atoms with Gasteiger partial charge in [0.15, 0.2) is 0 Å². The Hall–Kier alpha value is -2.93. The summed E-state index contributed by atoms with van der Waals surface area (Å²) in [5.74, 6) is 5.76. The number of carbonyl (C=O) groups is 2. The number of carbonyl (C=O) groups excluding carboxylic acids is 2. The largest absolute Gasteiger partial charge is 0.376 e. The number of nitrogens with zero attached hydrogens (tertiary/aromatic N) is 4. The fourth-order valence-electron chi connectivity index (χ4n) is 4.52. The van der Waals surface area contributed by atoms with Crippen molar-refractivity contribution in [2.24, 2.45) is 7.05 Å². The Balaban J connectivity index is 1.54. The SMILES string of the molecule is CN(C)CC[C@@H]1CN(CC#Cc2cccc3c2n(C)c(=O)n3C2CCC(=O)NC2=O)CCO1. The summed E-state index contributed by atoms with van der Waals surface area (Å²) in [4.78, 5) is 41.4. The molecule has 0 aliphatic carbocycles. The van der Waals surface area contributed by atoms with Gasteiger partial charge in [0, 0.05) is 33.1 Å². The van der Waals surface area contributed by atoms with Crippen molar-refractivity contribution in [1.82, 2.24) is 24.3 Å². The van der Waals surface area contributed by atoms with Gasteiger partial charge in [-0.2, -0.15) is 0 Å². The summed E-state index contributed by atoms with van der Waals surface area (Å²) in [6.45, 7) is 4.03. The Labute approximate surface area is 193 Å². The van der Waals surface area contributed by atoms with Gasteiger partial charge in [-0.1, -0.05) is 17.9 Å². The molecule has 2 aliphatic rings. The Morgan fingerprint density at radius 2 is 2.06 bits per heavy atom. The van der Waals surface area contributed by atoms with Crippen LogP contribution in [0.2, 0.25) is 0 Å². The normalized spacial score (nSPS) is 21.8. The van der Waals surface area contributed by atoms with Crippen molar-refractivity contribution < 1.29 is 14.3 Å². The lowest BCUT2D eigenvalue weighted by atomic mass is 10.1. The van der Waals surface area contributed by atoms with E-state index >= 15 is 0 Å². The van der Waals surface area contributed by atoms with Gasteiger partial charge in [-0.05, 0) is 39.1 Å². The third kappa shape index (κ3) is 5.03. The Morgan fingerprint density at radius 1 is 1.24 bits per heavy atom. The molecule has 2 saturated heterocycles. The molecule has 4 rings (SSSR count). The van der Waals surface area contributed by atoms with Crippen LogP contribution in [0.4, 0.5) is 0 Å². The highest BCUT2D eigenvalue weighted by atomic mass is 16.5. The molecular weight excluding hydrogens is 422 g/mol. The molecule has 0 saturated carbocycles. The number of piperidine rings is 1. The van der Waals surface area contributed by atoms with Crippen LogP contribution in [0.3, 0.4) is 0 Å². The van der Waals surface area contributed by atoms with Crippen molar-refractivity contribution in [3.8, 4) is 11.8 Å². The van der Waals surface area contributed by atoms with Gasteiger partial charge in [0.05, 0.1) is 35.9 Å². The zero-order valence-corrected chi connectivity index (χ0v) is 19.5. The molecule has 9 nitrogen and oxygen atoms in total. The predicted octanol–water partition coefficient (Wildman–Crippen LogP) is 0.322. The first-order chi connectivity index (χ1) is 15.8.